The average molecular weight is 261 g/mol. The van der Waals surface area contributed by atoms with Crippen LogP contribution in [0.15, 0.2) is 18.2 Å². The molecule has 4 N–H and O–H groups in total. The van der Waals surface area contributed by atoms with E-state index in [4.69, 9.17) is 11.2 Å². The largest absolute Gasteiger partial charge is 0.504 e. The van der Waals surface area contributed by atoms with Gasteiger partial charge in [0.05, 0.1) is 13.7 Å². The maximum absolute atomic E-state index is 11.9. The predicted molar refractivity (Wildman–Crippen MR) is 69.4 cm³/mol. The van der Waals surface area contributed by atoms with Gasteiger partial charge in [0.25, 0.3) is 5.91 Å². The van der Waals surface area contributed by atoms with Crippen molar-refractivity contribution in [3.8, 4) is 23.8 Å². The number of benzene rings is 1. The molecular formula is C13H15N3O3. The number of amides is 1. The fourth-order valence-corrected chi connectivity index (χ4v) is 1.65. The number of hydrazine groups is 1. The van der Waals surface area contributed by atoms with Gasteiger partial charge in [-0.1, -0.05) is 0 Å². The number of hydrogen-bond acceptors (Lipinski definition) is 5. The highest BCUT2D eigenvalue weighted by molar-refractivity contribution is 5.94. The van der Waals surface area contributed by atoms with Crippen molar-refractivity contribution in [1.82, 2.24) is 16.2 Å². The normalized spacial score (nSPS) is 15.4. The number of carbonyl (C=O) groups is 1. The molecule has 2 rings (SSSR count). The summed E-state index contributed by atoms with van der Waals surface area (Å²) in [6, 6.07) is 4.42. The van der Waals surface area contributed by atoms with Crippen LogP contribution in [-0.4, -0.2) is 30.3 Å². The molecule has 19 heavy (non-hydrogen) atoms. The van der Waals surface area contributed by atoms with Crippen molar-refractivity contribution in [3.05, 3.63) is 23.8 Å². The predicted octanol–water partition coefficient (Wildman–Crippen LogP) is -0.0420. The smallest absolute Gasteiger partial charge is 0.251 e. The highest BCUT2D eigenvalue weighted by Crippen LogP contribution is 2.26. The van der Waals surface area contributed by atoms with E-state index in [1.807, 2.05) is 0 Å². The third kappa shape index (κ3) is 2.96. The van der Waals surface area contributed by atoms with E-state index in [0.717, 1.165) is 0 Å². The topological polar surface area (TPSA) is 102 Å². The van der Waals surface area contributed by atoms with Crippen molar-refractivity contribution < 1.29 is 14.6 Å². The Bertz CT molecular complexity index is 532. The zero-order valence-corrected chi connectivity index (χ0v) is 10.5. The Morgan fingerprint density at radius 1 is 1.58 bits per heavy atom. The second kappa shape index (κ2) is 5.18. The zero-order valence-electron chi connectivity index (χ0n) is 10.5. The van der Waals surface area contributed by atoms with Crippen LogP contribution >= 0.6 is 0 Å². The molecule has 0 spiro atoms. The number of methoxy groups -OCH3 is 1. The van der Waals surface area contributed by atoms with Crippen LogP contribution in [0.25, 0.3) is 0 Å². The van der Waals surface area contributed by atoms with E-state index in [1.54, 1.807) is 0 Å². The number of hydrogen-bond donors (Lipinski definition) is 4. The van der Waals surface area contributed by atoms with Gasteiger partial charge in [-0.05, 0) is 18.2 Å². The highest BCUT2D eigenvalue weighted by atomic mass is 16.5. The number of terminal acetylenes is 1. The molecule has 1 aromatic carbocycles. The van der Waals surface area contributed by atoms with Gasteiger partial charge >= 0.3 is 0 Å². The van der Waals surface area contributed by atoms with Crippen molar-refractivity contribution in [1.29, 1.82) is 0 Å². The van der Waals surface area contributed by atoms with Gasteiger partial charge in [0, 0.05) is 12.0 Å². The van der Waals surface area contributed by atoms with Gasteiger partial charge in [-0.3, -0.25) is 4.79 Å². The molecular weight excluding hydrogens is 246 g/mol. The summed E-state index contributed by atoms with van der Waals surface area (Å²) in [6.45, 7) is 0.374. The third-order valence-corrected chi connectivity index (χ3v) is 2.88. The third-order valence-electron chi connectivity index (χ3n) is 2.88. The van der Waals surface area contributed by atoms with Crippen molar-refractivity contribution in [2.24, 2.45) is 0 Å². The van der Waals surface area contributed by atoms with Crippen LogP contribution in [-0.2, 0) is 0 Å². The Morgan fingerprint density at radius 3 is 2.89 bits per heavy atom. The Balaban J connectivity index is 1.99. The maximum atomic E-state index is 11.9. The molecule has 1 aliphatic rings. The lowest BCUT2D eigenvalue weighted by Crippen LogP contribution is -2.37. The first-order chi connectivity index (χ1) is 9.10. The first-order valence-corrected chi connectivity index (χ1v) is 5.73. The second-order valence-corrected chi connectivity index (χ2v) is 4.28. The van der Waals surface area contributed by atoms with Gasteiger partial charge < -0.3 is 15.2 Å². The lowest BCUT2D eigenvalue weighted by Gasteiger charge is -2.11. The molecule has 0 atom stereocenters. The van der Waals surface area contributed by atoms with Gasteiger partial charge in [-0.25, -0.2) is 10.9 Å². The van der Waals surface area contributed by atoms with E-state index in [-0.39, 0.29) is 17.4 Å². The molecule has 0 saturated carbocycles. The van der Waals surface area contributed by atoms with Crippen LogP contribution in [0, 0.1) is 12.3 Å². The first-order valence-electron chi connectivity index (χ1n) is 5.73. The van der Waals surface area contributed by atoms with Gasteiger partial charge in [-0.15, -0.1) is 12.3 Å². The van der Waals surface area contributed by atoms with Crippen molar-refractivity contribution in [2.45, 2.75) is 12.1 Å². The lowest BCUT2D eigenvalue weighted by atomic mass is 10.1. The van der Waals surface area contributed by atoms with E-state index in [0.29, 0.717) is 18.5 Å². The van der Waals surface area contributed by atoms with Crippen LogP contribution in [0.3, 0.4) is 0 Å². The number of ether oxygens (including phenoxy) is 1. The number of carbonyl (C=O) groups excluding carboxylic acids is 1. The minimum absolute atomic E-state index is 0.00613. The van der Waals surface area contributed by atoms with Crippen LogP contribution in [0.2, 0.25) is 0 Å². The van der Waals surface area contributed by atoms with E-state index in [2.05, 4.69) is 22.1 Å². The molecule has 1 saturated heterocycles. The summed E-state index contributed by atoms with van der Waals surface area (Å²) in [5, 5.41) is 12.2. The second-order valence-electron chi connectivity index (χ2n) is 4.28. The number of phenols is 1. The first kappa shape index (κ1) is 13.2. The molecule has 6 heteroatoms. The fourth-order valence-electron chi connectivity index (χ4n) is 1.65. The Morgan fingerprint density at radius 2 is 2.32 bits per heavy atom. The summed E-state index contributed by atoms with van der Waals surface area (Å²) in [7, 11) is 1.43. The summed E-state index contributed by atoms with van der Waals surface area (Å²) in [5.74, 6) is 2.52. The molecule has 0 radical (unpaired) electrons. The standard InChI is InChI=1S/C13H15N3O3/c1-3-6-13(15-16-13)8-14-12(18)9-4-5-10(17)11(7-9)19-2/h1,4-5,7,15-17H,6,8H2,2H3,(H,14,18). The number of phenolic OH excluding ortho intramolecular Hbond substituents is 1. The molecule has 0 bridgehead atoms. The summed E-state index contributed by atoms with van der Waals surface area (Å²) in [5.41, 5.74) is 5.84. The SMILES string of the molecule is C#CCC1(CNC(=O)c2ccc(O)c(OC)c2)NN1. The molecule has 1 heterocycles. The summed E-state index contributed by atoms with van der Waals surface area (Å²) in [4.78, 5) is 11.9. The van der Waals surface area contributed by atoms with Gasteiger partial charge in [0.2, 0.25) is 0 Å². The van der Waals surface area contributed by atoms with Gasteiger partial charge in [-0.2, -0.15) is 0 Å². The van der Waals surface area contributed by atoms with Crippen LogP contribution in [0.5, 0.6) is 11.5 Å². The minimum atomic E-state index is -0.397. The molecule has 1 fully saturated rings. The van der Waals surface area contributed by atoms with Gasteiger partial charge in [0.1, 0.15) is 5.66 Å². The molecule has 1 aromatic rings. The molecule has 1 aliphatic heterocycles. The molecule has 100 valence electrons. The molecule has 6 nitrogen and oxygen atoms in total. The summed E-state index contributed by atoms with van der Waals surface area (Å²) in [6.07, 6.45) is 5.72. The maximum Gasteiger partial charge on any atom is 0.251 e. The van der Waals surface area contributed by atoms with Crippen LogP contribution in [0.4, 0.5) is 0 Å². The van der Waals surface area contributed by atoms with E-state index >= 15 is 0 Å². The molecule has 0 aromatic heterocycles. The molecule has 0 aliphatic carbocycles. The van der Waals surface area contributed by atoms with E-state index in [1.165, 1.54) is 25.3 Å². The van der Waals surface area contributed by atoms with Gasteiger partial charge in [0.15, 0.2) is 11.5 Å². The quantitative estimate of drug-likeness (QED) is 0.440. The Labute approximate surface area is 111 Å². The van der Waals surface area contributed by atoms with Crippen molar-refractivity contribution >= 4 is 5.91 Å². The fraction of sp³-hybridized carbons (Fsp3) is 0.308. The Kier molecular flexibility index (Phi) is 3.60. The molecule has 0 unspecified atom stereocenters. The van der Waals surface area contributed by atoms with Crippen LogP contribution in [0.1, 0.15) is 16.8 Å². The van der Waals surface area contributed by atoms with Crippen LogP contribution < -0.4 is 20.9 Å². The number of aromatic hydroxyl groups is 1. The molecule has 1 amide bonds. The van der Waals surface area contributed by atoms with E-state index < -0.39 is 5.66 Å². The van der Waals surface area contributed by atoms with Crippen molar-refractivity contribution in [2.75, 3.05) is 13.7 Å². The van der Waals surface area contributed by atoms with E-state index in [9.17, 15) is 9.90 Å². The number of rotatable bonds is 5. The average Bonchev–Trinajstić information content (AvgIpc) is 3.17. The minimum Gasteiger partial charge on any atom is -0.504 e. The highest BCUT2D eigenvalue weighted by Gasteiger charge is 2.41. The Hall–Kier alpha value is -2.23. The summed E-state index contributed by atoms with van der Waals surface area (Å²) < 4.78 is 4.95. The summed E-state index contributed by atoms with van der Waals surface area (Å²) >= 11 is 0. The lowest BCUT2D eigenvalue weighted by molar-refractivity contribution is 0.0948. The monoisotopic (exact) mass is 261 g/mol. The van der Waals surface area contributed by atoms with Crippen molar-refractivity contribution in [3.63, 3.8) is 0 Å². The zero-order chi connectivity index (χ0) is 13.9. The number of nitrogens with one attached hydrogen (secondary N) is 3.